The molecule has 0 spiro atoms. The maximum atomic E-state index is 11.5. The number of carbonyl (C=O) groups excluding carboxylic acids is 1. The van der Waals surface area contributed by atoms with Crippen molar-refractivity contribution < 1.29 is 4.79 Å². The van der Waals surface area contributed by atoms with E-state index in [1.807, 2.05) is 0 Å². The van der Waals surface area contributed by atoms with E-state index in [9.17, 15) is 4.79 Å². The van der Waals surface area contributed by atoms with E-state index in [-0.39, 0.29) is 16.2 Å². The summed E-state index contributed by atoms with van der Waals surface area (Å²) < 4.78 is 0. The Hall–Kier alpha value is -0.870. The predicted molar refractivity (Wildman–Crippen MR) is 58.0 cm³/mol. The first kappa shape index (κ1) is 10.6. The number of rotatable bonds is 3. The molecule has 1 heterocycles. The average molecular weight is 246 g/mol. The summed E-state index contributed by atoms with van der Waals surface area (Å²) in [6, 6.07) is 0. The van der Waals surface area contributed by atoms with Gasteiger partial charge in [0, 0.05) is 6.42 Å². The molecular formula is C9H9Cl2N3O. The molecule has 0 bridgehead atoms. The van der Waals surface area contributed by atoms with Gasteiger partial charge in [-0.05, 0) is 18.8 Å². The van der Waals surface area contributed by atoms with Crippen LogP contribution in [0.2, 0.25) is 10.3 Å². The lowest BCUT2D eigenvalue weighted by Crippen LogP contribution is -2.13. The van der Waals surface area contributed by atoms with Crippen LogP contribution < -0.4 is 5.32 Å². The number of amides is 1. The first-order valence-corrected chi connectivity index (χ1v) is 5.38. The van der Waals surface area contributed by atoms with Gasteiger partial charge in [-0.15, -0.1) is 0 Å². The molecule has 0 radical (unpaired) electrons. The zero-order valence-electron chi connectivity index (χ0n) is 7.83. The normalized spacial score (nSPS) is 15.1. The SMILES string of the molecule is O=C(CC1CC1)Nc1c(Cl)ncnc1Cl. The van der Waals surface area contributed by atoms with Crippen LogP contribution in [0.25, 0.3) is 0 Å². The van der Waals surface area contributed by atoms with Gasteiger partial charge in [0.1, 0.15) is 12.0 Å². The van der Waals surface area contributed by atoms with Gasteiger partial charge in [0.25, 0.3) is 0 Å². The molecule has 0 saturated heterocycles. The molecule has 0 aromatic carbocycles. The second-order valence-electron chi connectivity index (χ2n) is 3.53. The monoisotopic (exact) mass is 245 g/mol. The van der Waals surface area contributed by atoms with Crippen LogP contribution in [0.5, 0.6) is 0 Å². The Morgan fingerprint density at radius 2 is 2.00 bits per heavy atom. The summed E-state index contributed by atoms with van der Waals surface area (Å²) in [7, 11) is 0. The fourth-order valence-electron chi connectivity index (χ4n) is 1.22. The highest BCUT2D eigenvalue weighted by Crippen LogP contribution is 2.33. The first-order chi connectivity index (χ1) is 7.16. The second-order valence-corrected chi connectivity index (χ2v) is 4.24. The van der Waals surface area contributed by atoms with Crippen molar-refractivity contribution in [3.63, 3.8) is 0 Å². The Bertz CT molecular complexity index is 373. The molecule has 1 N–H and O–H groups in total. The lowest BCUT2D eigenvalue weighted by molar-refractivity contribution is -0.116. The van der Waals surface area contributed by atoms with Crippen LogP contribution >= 0.6 is 23.2 Å². The van der Waals surface area contributed by atoms with E-state index in [1.54, 1.807) is 0 Å². The van der Waals surface area contributed by atoms with Crippen LogP contribution in [0.1, 0.15) is 19.3 Å². The second kappa shape index (κ2) is 4.33. The van der Waals surface area contributed by atoms with Crippen molar-refractivity contribution in [3.05, 3.63) is 16.6 Å². The Kier molecular flexibility index (Phi) is 3.07. The Labute approximate surface area is 97.0 Å². The maximum Gasteiger partial charge on any atom is 0.224 e. The number of aromatic nitrogens is 2. The van der Waals surface area contributed by atoms with Crippen molar-refractivity contribution in [2.24, 2.45) is 5.92 Å². The minimum atomic E-state index is -0.0869. The minimum absolute atomic E-state index is 0.0869. The van der Waals surface area contributed by atoms with Crippen molar-refractivity contribution >= 4 is 34.8 Å². The van der Waals surface area contributed by atoms with Crippen molar-refractivity contribution in [2.45, 2.75) is 19.3 Å². The first-order valence-electron chi connectivity index (χ1n) is 4.62. The number of hydrogen-bond acceptors (Lipinski definition) is 3. The molecule has 1 aliphatic carbocycles. The summed E-state index contributed by atoms with van der Waals surface area (Å²) in [4.78, 5) is 19.0. The van der Waals surface area contributed by atoms with Gasteiger partial charge in [0.15, 0.2) is 10.3 Å². The average Bonchev–Trinajstić information content (AvgIpc) is 2.95. The third-order valence-electron chi connectivity index (χ3n) is 2.19. The number of nitrogens with zero attached hydrogens (tertiary/aromatic N) is 2. The fourth-order valence-corrected chi connectivity index (χ4v) is 1.63. The van der Waals surface area contributed by atoms with Gasteiger partial charge in [-0.25, -0.2) is 9.97 Å². The third kappa shape index (κ3) is 2.79. The van der Waals surface area contributed by atoms with E-state index in [1.165, 1.54) is 6.33 Å². The number of carbonyl (C=O) groups is 1. The van der Waals surface area contributed by atoms with Gasteiger partial charge in [-0.3, -0.25) is 4.79 Å². The molecule has 2 rings (SSSR count). The fraction of sp³-hybridized carbons (Fsp3) is 0.444. The summed E-state index contributed by atoms with van der Waals surface area (Å²) in [5.74, 6) is 0.434. The number of hydrogen-bond donors (Lipinski definition) is 1. The Morgan fingerprint density at radius 3 is 2.53 bits per heavy atom. The predicted octanol–water partition coefficient (Wildman–Crippen LogP) is 2.52. The van der Waals surface area contributed by atoms with Crippen LogP contribution in [0, 0.1) is 5.92 Å². The zero-order chi connectivity index (χ0) is 10.8. The van der Waals surface area contributed by atoms with Crippen LogP contribution in [0.3, 0.4) is 0 Å². The Balaban J connectivity index is 2.05. The molecule has 0 aliphatic heterocycles. The van der Waals surface area contributed by atoms with E-state index in [4.69, 9.17) is 23.2 Å². The third-order valence-corrected chi connectivity index (χ3v) is 2.76. The quantitative estimate of drug-likeness (QED) is 0.833. The molecule has 80 valence electrons. The lowest BCUT2D eigenvalue weighted by atomic mass is 10.3. The number of nitrogens with one attached hydrogen (secondary N) is 1. The van der Waals surface area contributed by atoms with Gasteiger partial charge >= 0.3 is 0 Å². The van der Waals surface area contributed by atoms with E-state index in [0.29, 0.717) is 18.0 Å². The van der Waals surface area contributed by atoms with Gasteiger partial charge in [0.2, 0.25) is 5.91 Å². The van der Waals surface area contributed by atoms with E-state index >= 15 is 0 Å². The highest BCUT2D eigenvalue weighted by Gasteiger charge is 2.25. The van der Waals surface area contributed by atoms with E-state index in [0.717, 1.165) is 12.8 Å². The van der Waals surface area contributed by atoms with Crippen LogP contribution in [0.4, 0.5) is 5.69 Å². The Morgan fingerprint density at radius 1 is 1.40 bits per heavy atom. The zero-order valence-corrected chi connectivity index (χ0v) is 9.35. The van der Waals surface area contributed by atoms with E-state index < -0.39 is 0 Å². The minimum Gasteiger partial charge on any atom is -0.321 e. The van der Waals surface area contributed by atoms with Gasteiger partial charge in [0.05, 0.1) is 0 Å². The van der Waals surface area contributed by atoms with E-state index in [2.05, 4.69) is 15.3 Å². The molecule has 15 heavy (non-hydrogen) atoms. The lowest BCUT2D eigenvalue weighted by Gasteiger charge is -2.06. The van der Waals surface area contributed by atoms with Crippen molar-refractivity contribution in [2.75, 3.05) is 5.32 Å². The largest absolute Gasteiger partial charge is 0.321 e. The molecular weight excluding hydrogens is 237 g/mol. The topological polar surface area (TPSA) is 54.9 Å². The number of anilines is 1. The van der Waals surface area contributed by atoms with Gasteiger partial charge < -0.3 is 5.32 Å². The van der Waals surface area contributed by atoms with Crippen LogP contribution in [-0.4, -0.2) is 15.9 Å². The summed E-state index contributed by atoms with van der Waals surface area (Å²) in [5, 5.41) is 2.95. The smallest absolute Gasteiger partial charge is 0.224 e. The highest BCUT2D eigenvalue weighted by molar-refractivity contribution is 6.38. The van der Waals surface area contributed by atoms with Crippen molar-refractivity contribution in [1.82, 2.24) is 9.97 Å². The standard InChI is InChI=1S/C9H9Cl2N3O/c10-8-7(9(11)13-4-12-8)14-6(15)3-5-1-2-5/h4-5H,1-3H2,(H,14,15). The molecule has 0 unspecified atom stereocenters. The van der Waals surface area contributed by atoms with Crippen LogP contribution in [0.15, 0.2) is 6.33 Å². The summed E-state index contributed by atoms with van der Waals surface area (Å²) in [5.41, 5.74) is 0.298. The molecule has 1 fully saturated rings. The summed E-state index contributed by atoms with van der Waals surface area (Å²) >= 11 is 11.6. The number of halogens is 2. The molecule has 4 nitrogen and oxygen atoms in total. The van der Waals surface area contributed by atoms with Crippen molar-refractivity contribution in [1.29, 1.82) is 0 Å². The van der Waals surface area contributed by atoms with Gasteiger partial charge in [-0.1, -0.05) is 23.2 Å². The molecule has 1 aromatic heterocycles. The molecule has 1 amide bonds. The molecule has 1 aliphatic rings. The highest BCUT2D eigenvalue weighted by atomic mass is 35.5. The van der Waals surface area contributed by atoms with Crippen LogP contribution in [-0.2, 0) is 4.79 Å². The molecule has 1 aromatic rings. The molecule has 6 heteroatoms. The summed E-state index contributed by atoms with van der Waals surface area (Å²) in [6.45, 7) is 0. The van der Waals surface area contributed by atoms with Gasteiger partial charge in [-0.2, -0.15) is 0 Å². The molecule has 0 atom stereocenters. The molecule has 1 saturated carbocycles. The van der Waals surface area contributed by atoms with Crippen molar-refractivity contribution in [3.8, 4) is 0 Å². The maximum absolute atomic E-state index is 11.5. The summed E-state index contributed by atoms with van der Waals surface area (Å²) in [6.07, 6.45) is 4.02.